The van der Waals surface area contributed by atoms with Crippen molar-refractivity contribution in [2.45, 2.75) is 34.1 Å². The van der Waals surface area contributed by atoms with Crippen molar-refractivity contribution in [3.05, 3.63) is 29.3 Å². The lowest BCUT2D eigenvalue weighted by Gasteiger charge is -2.31. The summed E-state index contributed by atoms with van der Waals surface area (Å²) in [5, 5.41) is 6.46. The van der Waals surface area contributed by atoms with Gasteiger partial charge in [-0.25, -0.2) is 0 Å². The lowest BCUT2D eigenvalue weighted by atomic mass is 9.75. The SMILES string of the molecule is Cc1ccc(C)c(NC(=O)C2(C(C)C)CCNC2)c1. The van der Waals surface area contributed by atoms with Crippen LogP contribution in [0.3, 0.4) is 0 Å². The number of rotatable bonds is 3. The molecule has 1 aliphatic rings. The highest BCUT2D eigenvalue weighted by molar-refractivity contribution is 5.96. The van der Waals surface area contributed by atoms with Crippen LogP contribution in [-0.4, -0.2) is 19.0 Å². The maximum Gasteiger partial charge on any atom is 0.232 e. The quantitative estimate of drug-likeness (QED) is 0.877. The van der Waals surface area contributed by atoms with Crippen molar-refractivity contribution < 1.29 is 4.79 Å². The monoisotopic (exact) mass is 260 g/mol. The van der Waals surface area contributed by atoms with E-state index >= 15 is 0 Å². The van der Waals surface area contributed by atoms with Crippen LogP contribution in [0.1, 0.15) is 31.4 Å². The second kappa shape index (κ2) is 5.33. The summed E-state index contributed by atoms with van der Waals surface area (Å²) in [5.41, 5.74) is 2.96. The number of anilines is 1. The zero-order valence-electron chi connectivity index (χ0n) is 12.3. The highest BCUT2D eigenvalue weighted by atomic mass is 16.2. The summed E-state index contributed by atoms with van der Waals surface area (Å²) in [7, 11) is 0. The molecular weight excluding hydrogens is 236 g/mol. The average Bonchev–Trinajstić information content (AvgIpc) is 2.84. The van der Waals surface area contributed by atoms with E-state index in [1.807, 2.05) is 19.9 Å². The van der Waals surface area contributed by atoms with Gasteiger partial charge in [-0.15, -0.1) is 0 Å². The maximum atomic E-state index is 12.7. The van der Waals surface area contributed by atoms with E-state index in [9.17, 15) is 4.79 Å². The van der Waals surface area contributed by atoms with Crippen LogP contribution in [0, 0.1) is 25.2 Å². The molecule has 19 heavy (non-hydrogen) atoms. The molecule has 1 aromatic rings. The van der Waals surface area contributed by atoms with Crippen LogP contribution in [-0.2, 0) is 4.79 Å². The molecular formula is C16H24N2O. The number of nitrogens with one attached hydrogen (secondary N) is 2. The Morgan fingerprint density at radius 3 is 2.68 bits per heavy atom. The van der Waals surface area contributed by atoms with Crippen molar-refractivity contribution >= 4 is 11.6 Å². The third-order valence-corrected chi connectivity index (χ3v) is 4.39. The topological polar surface area (TPSA) is 41.1 Å². The van der Waals surface area contributed by atoms with Crippen LogP contribution in [0.15, 0.2) is 18.2 Å². The molecule has 0 radical (unpaired) electrons. The van der Waals surface area contributed by atoms with Crippen molar-refractivity contribution in [1.29, 1.82) is 0 Å². The Morgan fingerprint density at radius 1 is 1.37 bits per heavy atom. The van der Waals surface area contributed by atoms with Gasteiger partial charge in [-0.3, -0.25) is 4.79 Å². The molecule has 0 saturated carbocycles. The molecule has 2 N–H and O–H groups in total. The van der Waals surface area contributed by atoms with Gasteiger partial charge in [-0.2, -0.15) is 0 Å². The molecule has 1 saturated heterocycles. The molecule has 0 aliphatic carbocycles. The van der Waals surface area contributed by atoms with Crippen LogP contribution in [0.25, 0.3) is 0 Å². The fraction of sp³-hybridized carbons (Fsp3) is 0.562. The van der Waals surface area contributed by atoms with Gasteiger partial charge in [0.25, 0.3) is 0 Å². The number of aryl methyl sites for hydroxylation is 2. The zero-order chi connectivity index (χ0) is 14.0. The average molecular weight is 260 g/mol. The maximum absolute atomic E-state index is 12.7. The van der Waals surface area contributed by atoms with Crippen molar-refractivity contribution in [1.82, 2.24) is 5.32 Å². The molecule has 1 atom stereocenters. The van der Waals surface area contributed by atoms with Crippen molar-refractivity contribution in [2.24, 2.45) is 11.3 Å². The Bertz CT molecular complexity index is 474. The molecule has 1 heterocycles. The Labute approximate surface area is 115 Å². The van der Waals surface area contributed by atoms with Crippen LogP contribution >= 0.6 is 0 Å². The predicted molar refractivity (Wildman–Crippen MR) is 79.3 cm³/mol. The standard InChI is InChI=1S/C16H24N2O/c1-11(2)16(7-8-17-10-16)15(19)18-14-9-12(3)5-6-13(14)4/h5-6,9,11,17H,7-8,10H2,1-4H3,(H,18,19). The molecule has 2 rings (SSSR count). The fourth-order valence-corrected chi connectivity index (χ4v) is 2.78. The van der Waals surface area contributed by atoms with E-state index in [0.717, 1.165) is 30.8 Å². The van der Waals surface area contributed by atoms with Gasteiger partial charge >= 0.3 is 0 Å². The van der Waals surface area contributed by atoms with Gasteiger partial charge in [-0.1, -0.05) is 26.0 Å². The molecule has 1 aliphatic heterocycles. The summed E-state index contributed by atoms with van der Waals surface area (Å²) < 4.78 is 0. The molecule has 1 aromatic carbocycles. The molecule has 1 unspecified atom stereocenters. The number of hydrogen-bond donors (Lipinski definition) is 2. The zero-order valence-corrected chi connectivity index (χ0v) is 12.3. The van der Waals surface area contributed by atoms with Crippen LogP contribution in [0.2, 0.25) is 0 Å². The van der Waals surface area contributed by atoms with Gasteiger partial charge in [0.15, 0.2) is 0 Å². The highest BCUT2D eigenvalue weighted by Gasteiger charge is 2.43. The second-order valence-electron chi connectivity index (χ2n) is 6.01. The molecule has 0 spiro atoms. The number of carbonyl (C=O) groups excluding carboxylic acids is 1. The summed E-state index contributed by atoms with van der Waals surface area (Å²) >= 11 is 0. The Balaban J connectivity index is 2.22. The van der Waals surface area contributed by atoms with E-state index in [0.29, 0.717) is 5.92 Å². The normalized spacial score (nSPS) is 22.8. The Hall–Kier alpha value is -1.35. The third kappa shape index (κ3) is 2.66. The van der Waals surface area contributed by atoms with Gasteiger partial charge in [0.2, 0.25) is 5.91 Å². The summed E-state index contributed by atoms with van der Waals surface area (Å²) in [5.74, 6) is 0.494. The van der Waals surface area contributed by atoms with Gasteiger partial charge in [-0.05, 0) is 49.9 Å². The van der Waals surface area contributed by atoms with Crippen LogP contribution < -0.4 is 10.6 Å². The first kappa shape index (κ1) is 14.1. The second-order valence-corrected chi connectivity index (χ2v) is 6.01. The van der Waals surface area contributed by atoms with Crippen LogP contribution in [0.4, 0.5) is 5.69 Å². The number of carbonyl (C=O) groups is 1. The van der Waals surface area contributed by atoms with E-state index < -0.39 is 0 Å². The first-order chi connectivity index (χ1) is 8.95. The molecule has 1 fully saturated rings. The number of benzene rings is 1. The molecule has 3 heteroatoms. The highest BCUT2D eigenvalue weighted by Crippen LogP contribution is 2.35. The minimum atomic E-state index is -0.268. The molecule has 3 nitrogen and oxygen atoms in total. The number of amides is 1. The van der Waals surface area contributed by atoms with Crippen molar-refractivity contribution in [3.8, 4) is 0 Å². The van der Waals surface area contributed by atoms with Gasteiger partial charge in [0.05, 0.1) is 5.41 Å². The van der Waals surface area contributed by atoms with Crippen molar-refractivity contribution in [2.75, 3.05) is 18.4 Å². The van der Waals surface area contributed by atoms with E-state index in [-0.39, 0.29) is 11.3 Å². The van der Waals surface area contributed by atoms with E-state index in [4.69, 9.17) is 0 Å². The van der Waals surface area contributed by atoms with Gasteiger partial charge < -0.3 is 10.6 Å². The summed E-state index contributed by atoms with van der Waals surface area (Å²) in [6.07, 6.45) is 0.918. The molecule has 104 valence electrons. The van der Waals surface area contributed by atoms with Gasteiger partial charge in [0.1, 0.15) is 0 Å². The smallest absolute Gasteiger partial charge is 0.232 e. The minimum Gasteiger partial charge on any atom is -0.325 e. The first-order valence-corrected chi connectivity index (χ1v) is 7.05. The fourth-order valence-electron chi connectivity index (χ4n) is 2.78. The van der Waals surface area contributed by atoms with E-state index in [2.05, 4.69) is 36.6 Å². The first-order valence-electron chi connectivity index (χ1n) is 7.05. The van der Waals surface area contributed by atoms with E-state index in [1.54, 1.807) is 0 Å². The molecule has 0 aromatic heterocycles. The Morgan fingerprint density at radius 2 is 2.11 bits per heavy atom. The lowest BCUT2D eigenvalue weighted by molar-refractivity contribution is -0.126. The molecule has 1 amide bonds. The summed E-state index contributed by atoms with van der Waals surface area (Å²) in [6.45, 7) is 10.1. The lowest BCUT2D eigenvalue weighted by Crippen LogP contribution is -2.42. The van der Waals surface area contributed by atoms with Gasteiger partial charge in [0, 0.05) is 12.2 Å². The summed E-state index contributed by atoms with van der Waals surface area (Å²) in [4.78, 5) is 12.7. The predicted octanol–water partition coefficient (Wildman–Crippen LogP) is 2.88. The van der Waals surface area contributed by atoms with E-state index in [1.165, 1.54) is 5.56 Å². The van der Waals surface area contributed by atoms with Crippen LogP contribution in [0.5, 0.6) is 0 Å². The number of hydrogen-bond acceptors (Lipinski definition) is 2. The molecule has 0 bridgehead atoms. The summed E-state index contributed by atoms with van der Waals surface area (Å²) in [6, 6.07) is 6.17. The van der Waals surface area contributed by atoms with Crippen molar-refractivity contribution in [3.63, 3.8) is 0 Å². The third-order valence-electron chi connectivity index (χ3n) is 4.39. The largest absolute Gasteiger partial charge is 0.325 e. The minimum absolute atomic E-state index is 0.154. The Kier molecular flexibility index (Phi) is 3.95.